The summed E-state index contributed by atoms with van der Waals surface area (Å²) in [5.74, 6) is 0.290. The van der Waals surface area contributed by atoms with Gasteiger partial charge in [0.2, 0.25) is 0 Å². The van der Waals surface area contributed by atoms with Gasteiger partial charge in [0, 0.05) is 0 Å². The van der Waals surface area contributed by atoms with E-state index in [-0.39, 0.29) is 5.91 Å². The van der Waals surface area contributed by atoms with Crippen LogP contribution in [-0.4, -0.2) is 30.3 Å². The molecule has 1 heterocycles. The summed E-state index contributed by atoms with van der Waals surface area (Å²) in [6.45, 7) is 1.86. The molecule has 0 spiro atoms. The van der Waals surface area contributed by atoms with Gasteiger partial charge in [0.1, 0.15) is 11.3 Å². The van der Waals surface area contributed by atoms with Gasteiger partial charge < -0.3 is 10.1 Å². The highest BCUT2D eigenvalue weighted by molar-refractivity contribution is 6.07. The summed E-state index contributed by atoms with van der Waals surface area (Å²) in [5.41, 5.74) is 0.396. The number of rotatable bonds is 5. The first kappa shape index (κ1) is 16.7. The molecule has 1 saturated heterocycles. The van der Waals surface area contributed by atoms with Gasteiger partial charge in [-0.15, -0.1) is 5.01 Å². The molecular formula is C19H19N3O3. The zero-order valence-corrected chi connectivity index (χ0v) is 14.1. The average molecular weight is 337 g/mol. The number of amides is 3. The summed E-state index contributed by atoms with van der Waals surface area (Å²) in [4.78, 5) is 25.3. The Morgan fingerprint density at radius 3 is 2.60 bits per heavy atom. The highest BCUT2D eigenvalue weighted by Gasteiger charge is 2.51. The van der Waals surface area contributed by atoms with Crippen LogP contribution in [-0.2, 0) is 10.3 Å². The van der Waals surface area contributed by atoms with E-state index in [0.29, 0.717) is 12.2 Å². The lowest BCUT2D eigenvalue weighted by atomic mass is 9.87. The largest absolute Gasteiger partial charge is 0.497 e. The van der Waals surface area contributed by atoms with Gasteiger partial charge in [0.05, 0.1) is 13.3 Å². The number of carbonyl (C=O) groups excluding carboxylic acids is 2. The second kappa shape index (κ2) is 6.76. The fraction of sp³-hybridized carbons (Fsp3) is 0.211. The molecule has 3 rings (SSSR count). The van der Waals surface area contributed by atoms with Crippen LogP contribution in [0.5, 0.6) is 5.75 Å². The minimum absolute atomic E-state index is 0.384. The highest BCUT2D eigenvalue weighted by Crippen LogP contribution is 2.32. The Morgan fingerprint density at radius 2 is 1.92 bits per heavy atom. The van der Waals surface area contributed by atoms with Crippen LogP contribution in [0, 0.1) is 0 Å². The summed E-state index contributed by atoms with van der Waals surface area (Å²) in [7, 11) is 1.57. The maximum absolute atomic E-state index is 12.9. The van der Waals surface area contributed by atoms with E-state index in [1.165, 1.54) is 6.21 Å². The first-order valence-corrected chi connectivity index (χ1v) is 8.01. The Balaban J connectivity index is 1.89. The number of ether oxygens (including phenoxy) is 1. The Labute approximate surface area is 146 Å². The number of hydrogen-bond acceptors (Lipinski definition) is 4. The topological polar surface area (TPSA) is 71.0 Å². The van der Waals surface area contributed by atoms with Crippen LogP contribution in [0.3, 0.4) is 0 Å². The lowest BCUT2D eigenvalue weighted by Crippen LogP contribution is -2.43. The molecule has 3 amide bonds. The van der Waals surface area contributed by atoms with Crippen LogP contribution in [0.25, 0.3) is 0 Å². The van der Waals surface area contributed by atoms with Gasteiger partial charge in [-0.3, -0.25) is 4.79 Å². The van der Waals surface area contributed by atoms with E-state index < -0.39 is 11.6 Å². The lowest BCUT2D eigenvalue weighted by Gasteiger charge is -2.24. The summed E-state index contributed by atoms with van der Waals surface area (Å²) in [6, 6.07) is 15.9. The van der Waals surface area contributed by atoms with Crippen molar-refractivity contribution in [3.05, 3.63) is 65.7 Å². The van der Waals surface area contributed by atoms with Gasteiger partial charge in [-0.05, 0) is 29.7 Å². The van der Waals surface area contributed by atoms with Crippen LogP contribution in [0.1, 0.15) is 24.5 Å². The SMILES string of the molecule is CC[C@@]1(c2ccccc2)NC(=O)N(/N=C\c2cccc(OC)c2)C1=O. The van der Waals surface area contributed by atoms with Crippen molar-refractivity contribution in [2.24, 2.45) is 5.10 Å². The maximum atomic E-state index is 12.9. The van der Waals surface area contributed by atoms with Crippen LogP contribution >= 0.6 is 0 Å². The molecule has 6 nitrogen and oxygen atoms in total. The predicted octanol–water partition coefficient (Wildman–Crippen LogP) is 2.89. The summed E-state index contributed by atoms with van der Waals surface area (Å²) in [5, 5.41) is 7.77. The van der Waals surface area contributed by atoms with Gasteiger partial charge in [-0.25, -0.2) is 4.79 Å². The minimum atomic E-state index is -1.08. The zero-order valence-electron chi connectivity index (χ0n) is 14.1. The second-order valence-corrected chi connectivity index (χ2v) is 5.69. The van der Waals surface area contributed by atoms with Crippen molar-refractivity contribution >= 4 is 18.2 Å². The molecule has 0 unspecified atom stereocenters. The van der Waals surface area contributed by atoms with Crippen LogP contribution in [0.4, 0.5) is 4.79 Å². The van der Waals surface area contributed by atoms with Crippen molar-refractivity contribution in [2.75, 3.05) is 7.11 Å². The summed E-state index contributed by atoms with van der Waals surface area (Å²) in [6.07, 6.45) is 1.91. The lowest BCUT2D eigenvalue weighted by molar-refractivity contribution is -0.131. The van der Waals surface area contributed by atoms with Crippen molar-refractivity contribution in [1.82, 2.24) is 10.3 Å². The fourth-order valence-corrected chi connectivity index (χ4v) is 2.88. The highest BCUT2D eigenvalue weighted by atomic mass is 16.5. The van der Waals surface area contributed by atoms with Crippen LogP contribution in [0.2, 0.25) is 0 Å². The van der Waals surface area contributed by atoms with Crippen molar-refractivity contribution in [3.63, 3.8) is 0 Å². The number of hydrazone groups is 1. The Bertz CT molecular complexity index is 820. The quantitative estimate of drug-likeness (QED) is 0.674. The van der Waals surface area contributed by atoms with Gasteiger partial charge in [-0.1, -0.05) is 49.4 Å². The fourth-order valence-electron chi connectivity index (χ4n) is 2.88. The van der Waals surface area contributed by atoms with E-state index >= 15 is 0 Å². The molecular weight excluding hydrogens is 318 g/mol. The van der Waals surface area contributed by atoms with Gasteiger partial charge in [0.15, 0.2) is 0 Å². The third kappa shape index (κ3) is 2.98. The Kier molecular flexibility index (Phi) is 4.52. The first-order chi connectivity index (χ1) is 12.1. The van der Waals surface area contributed by atoms with Crippen LogP contribution in [0.15, 0.2) is 59.7 Å². The van der Waals surface area contributed by atoms with Crippen LogP contribution < -0.4 is 10.1 Å². The van der Waals surface area contributed by atoms with E-state index in [9.17, 15) is 9.59 Å². The average Bonchev–Trinajstić information content (AvgIpc) is 2.91. The number of nitrogens with zero attached hydrogens (tertiary/aromatic N) is 2. The number of carbonyl (C=O) groups is 2. The molecule has 25 heavy (non-hydrogen) atoms. The number of hydrogen-bond donors (Lipinski definition) is 1. The minimum Gasteiger partial charge on any atom is -0.497 e. The van der Waals surface area contributed by atoms with Crippen molar-refractivity contribution < 1.29 is 14.3 Å². The Morgan fingerprint density at radius 1 is 1.16 bits per heavy atom. The summed E-state index contributed by atoms with van der Waals surface area (Å²) < 4.78 is 5.16. The molecule has 2 aromatic rings. The molecule has 1 aliphatic rings. The van der Waals surface area contributed by atoms with Crippen molar-refractivity contribution in [2.45, 2.75) is 18.9 Å². The third-order valence-corrected chi connectivity index (χ3v) is 4.28. The number of imide groups is 1. The molecule has 0 aliphatic carbocycles. The monoisotopic (exact) mass is 337 g/mol. The first-order valence-electron chi connectivity index (χ1n) is 8.01. The molecule has 1 N–H and O–H groups in total. The molecule has 6 heteroatoms. The zero-order chi connectivity index (χ0) is 17.9. The smallest absolute Gasteiger partial charge is 0.346 e. The molecule has 0 aromatic heterocycles. The molecule has 1 atom stereocenters. The molecule has 0 bridgehead atoms. The van der Waals surface area contributed by atoms with E-state index in [1.807, 2.05) is 55.5 Å². The number of methoxy groups -OCH3 is 1. The maximum Gasteiger partial charge on any atom is 0.346 e. The Hall–Kier alpha value is -3.15. The van der Waals surface area contributed by atoms with E-state index in [4.69, 9.17) is 4.74 Å². The molecule has 128 valence electrons. The molecule has 0 radical (unpaired) electrons. The van der Waals surface area contributed by atoms with E-state index in [1.54, 1.807) is 13.2 Å². The van der Waals surface area contributed by atoms with Crippen molar-refractivity contribution in [1.29, 1.82) is 0 Å². The molecule has 1 fully saturated rings. The molecule has 0 saturated carbocycles. The normalized spacial score (nSPS) is 20.2. The molecule has 1 aliphatic heterocycles. The second-order valence-electron chi connectivity index (χ2n) is 5.69. The predicted molar refractivity (Wildman–Crippen MR) is 94.4 cm³/mol. The summed E-state index contributed by atoms with van der Waals surface area (Å²) >= 11 is 0. The van der Waals surface area contributed by atoms with Gasteiger partial charge in [-0.2, -0.15) is 5.10 Å². The van der Waals surface area contributed by atoms with Crippen molar-refractivity contribution in [3.8, 4) is 5.75 Å². The molecule has 2 aromatic carbocycles. The number of benzene rings is 2. The third-order valence-electron chi connectivity index (χ3n) is 4.28. The van der Waals surface area contributed by atoms with E-state index in [2.05, 4.69) is 10.4 Å². The van der Waals surface area contributed by atoms with E-state index in [0.717, 1.165) is 16.1 Å². The number of urea groups is 1. The van der Waals surface area contributed by atoms with Gasteiger partial charge in [0.25, 0.3) is 5.91 Å². The van der Waals surface area contributed by atoms with Gasteiger partial charge >= 0.3 is 6.03 Å². The standard InChI is InChI=1S/C19H19N3O3/c1-3-19(15-9-5-4-6-10-15)17(23)22(18(24)21-19)20-13-14-8-7-11-16(12-14)25-2/h4-13H,3H2,1-2H3,(H,21,24)/b20-13-/t19-/m0/s1. The number of nitrogens with one attached hydrogen (secondary N) is 1.